The van der Waals surface area contributed by atoms with Crippen LogP contribution in [0.5, 0.6) is 0 Å². The fourth-order valence-electron chi connectivity index (χ4n) is 2.03. The lowest BCUT2D eigenvalue weighted by Crippen LogP contribution is -2.45. The second-order valence-electron chi connectivity index (χ2n) is 4.28. The van der Waals surface area contributed by atoms with Crippen molar-refractivity contribution in [2.24, 2.45) is 5.73 Å². The molecule has 1 atom stereocenters. The van der Waals surface area contributed by atoms with Gasteiger partial charge in [0.25, 0.3) is 5.91 Å². The molecule has 1 fully saturated rings. The van der Waals surface area contributed by atoms with E-state index in [9.17, 15) is 9.18 Å². The largest absolute Gasteiger partial charge is 0.337 e. The molecule has 2 N–H and O–H groups in total. The number of halogens is 2. The Labute approximate surface area is 108 Å². The first-order valence-corrected chi connectivity index (χ1v) is 6.37. The molecule has 0 radical (unpaired) electrons. The number of carbonyl (C=O) groups excluding carboxylic acids is 1. The molecule has 17 heavy (non-hydrogen) atoms. The second-order valence-corrected chi connectivity index (χ2v) is 5.19. The van der Waals surface area contributed by atoms with Gasteiger partial charge in [0.15, 0.2) is 0 Å². The van der Waals surface area contributed by atoms with Crippen molar-refractivity contribution in [3.63, 3.8) is 0 Å². The van der Waals surface area contributed by atoms with E-state index in [1.165, 1.54) is 12.1 Å². The van der Waals surface area contributed by atoms with Gasteiger partial charge < -0.3 is 10.6 Å². The number of hydrogen-bond donors (Lipinski definition) is 1. The molecule has 0 saturated carbocycles. The number of rotatable bonds is 1. The first-order valence-electron chi connectivity index (χ1n) is 5.58. The predicted octanol–water partition coefficient (Wildman–Crippen LogP) is 2.15. The molecule has 5 heteroatoms. The van der Waals surface area contributed by atoms with Gasteiger partial charge in [0.2, 0.25) is 0 Å². The standard InChI is InChI=1S/C12H14BrFN2O/c13-8-3-4-10(11(14)6-8)12(17)16-5-1-2-9(15)7-16/h3-4,6,9H,1-2,5,7,15H2/t9-/m1/s1. The molecule has 1 amide bonds. The van der Waals surface area contributed by atoms with Crippen LogP contribution in [0.15, 0.2) is 22.7 Å². The Balaban J connectivity index is 2.18. The van der Waals surface area contributed by atoms with Gasteiger partial charge in [-0.05, 0) is 31.0 Å². The summed E-state index contributed by atoms with van der Waals surface area (Å²) in [5.41, 5.74) is 5.92. The molecule has 0 bridgehead atoms. The molecule has 1 aromatic rings. The Morgan fingerprint density at radius 2 is 2.29 bits per heavy atom. The third kappa shape index (κ3) is 2.84. The zero-order valence-corrected chi connectivity index (χ0v) is 10.9. The van der Waals surface area contributed by atoms with Crippen LogP contribution < -0.4 is 5.73 Å². The molecule has 0 aliphatic carbocycles. The van der Waals surface area contributed by atoms with Crippen molar-refractivity contribution >= 4 is 21.8 Å². The lowest BCUT2D eigenvalue weighted by molar-refractivity contribution is 0.0704. The average molecular weight is 301 g/mol. The van der Waals surface area contributed by atoms with Crippen LogP contribution in [-0.4, -0.2) is 29.9 Å². The van der Waals surface area contributed by atoms with Crippen LogP contribution in [0, 0.1) is 5.82 Å². The summed E-state index contributed by atoms with van der Waals surface area (Å²) in [6, 6.07) is 4.48. The zero-order chi connectivity index (χ0) is 12.4. The van der Waals surface area contributed by atoms with Gasteiger partial charge in [0.1, 0.15) is 5.82 Å². The highest BCUT2D eigenvalue weighted by Gasteiger charge is 2.24. The molecule has 2 rings (SSSR count). The maximum Gasteiger partial charge on any atom is 0.256 e. The molecule has 0 aromatic heterocycles. The van der Waals surface area contributed by atoms with Crippen LogP contribution in [0.2, 0.25) is 0 Å². The number of benzene rings is 1. The van der Waals surface area contributed by atoms with E-state index in [4.69, 9.17) is 5.73 Å². The monoisotopic (exact) mass is 300 g/mol. The summed E-state index contributed by atoms with van der Waals surface area (Å²) < 4.78 is 14.3. The maximum absolute atomic E-state index is 13.6. The summed E-state index contributed by atoms with van der Waals surface area (Å²) >= 11 is 3.17. The number of hydrogen-bond acceptors (Lipinski definition) is 2. The molecule has 1 saturated heterocycles. The summed E-state index contributed by atoms with van der Waals surface area (Å²) in [6.07, 6.45) is 1.80. The van der Waals surface area contributed by atoms with Gasteiger partial charge in [-0.25, -0.2) is 4.39 Å². The van der Waals surface area contributed by atoms with Gasteiger partial charge in [-0.1, -0.05) is 15.9 Å². The van der Waals surface area contributed by atoms with E-state index in [0.29, 0.717) is 17.6 Å². The van der Waals surface area contributed by atoms with E-state index in [2.05, 4.69) is 15.9 Å². The SMILES string of the molecule is N[C@@H]1CCCN(C(=O)c2ccc(Br)cc2F)C1. The van der Waals surface area contributed by atoms with E-state index in [-0.39, 0.29) is 17.5 Å². The van der Waals surface area contributed by atoms with Crippen molar-refractivity contribution in [3.8, 4) is 0 Å². The van der Waals surface area contributed by atoms with Crippen molar-refractivity contribution in [1.82, 2.24) is 4.90 Å². The number of amides is 1. The predicted molar refractivity (Wildman–Crippen MR) is 67.2 cm³/mol. The van der Waals surface area contributed by atoms with E-state index in [1.807, 2.05) is 0 Å². The van der Waals surface area contributed by atoms with E-state index < -0.39 is 5.82 Å². The molecule has 92 valence electrons. The highest BCUT2D eigenvalue weighted by molar-refractivity contribution is 9.10. The maximum atomic E-state index is 13.6. The van der Waals surface area contributed by atoms with Crippen molar-refractivity contribution in [2.75, 3.05) is 13.1 Å². The molecule has 3 nitrogen and oxygen atoms in total. The highest BCUT2D eigenvalue weighted by Crippen LogP contribution is 2.18. The highest BCUT2D eigenvalue weighted by atomic mass is 79.9. The summed E-state index contributed by atoms with van der Waals surface area (Å²) in [4.78, 5) is 13.7. The number of nitrogens with zero attached hydrogens (tertiary/aromatic N) is 1. The Morgan fingerprint density at radius 1 is 1.53 bits per heavy atom. The smallest absolute Gasteiger partial charge is 0.256 e. The van der Waals surface area contributed by atoms with E-state index in [1.54, 1.807) is 11.0 Å². The molecule has 1 heterocycles. The summed E-state index contributed by atoms with van der Waals surface area (Å²) in [5, 5.41) is 0. The van der Waals surface area contributed by atoms with Crippen LogP contribution in [0.25, 0.3) is 0 Å². The van der Waals surface area contributed by atoms with Gasteiger partial charge in [-0.15, -0.1) is 0 Å². The quantitative estimate of drug-likeness (QED) is 0.864. The average Bonchev–Trinajstić information content (AvgIpc) is 2.28. The topological polar surface area (TPSA) is 46.3 Å². The lowest BCUT2D eigenvalue weighted by Gasteiger charge is -2.30. The van der Waals surface area contributed by atoms with Crippen LogP contribution in [0.3, 0.4) is 0 Å². The van der Waals surface area contributed by atoms with Gasteiger partial charge in [0.05, 0.1) is 5.56 Å². The van der Waals surface area contributed by atoms with Crippen LogP contribution in [0.4, 0.5) is 4.39 Å². The third-order valence-electron chi connectivity index (χ3n) is 2.91. The number of piperidine rings is 1. The molecular weight excluding hydrogens is 287 g/mol. The molecular formula is C12H14BrFN2O. The van der Waals surface area contributed by atoms with Crippen molar-refractivity contribution < 1.29 is 9.18 Å². The number of carbonyl (C=O) groups is 1. The molecule has 1 aliphatic rings. The minimum atomic E-state index is -0.497. The fourth-order valence-corrected chi connectivity index (χ4v) is 2.36. The molecule has 1 aliphatic heterocycles. The Hall–Kier alpha value is -0.940. The van der Waals surface area contributed by atoms with Crippen molar-refractivity contribution in [1.29, 1.82) is 0 Å². The third-order valence-corrected chi connectivity index (χ3v) is 3.40. The van der Waals surface area contributed by atoms with Crippen LogP contribution in [0.1, 0.15) is 23.2 Å². The van der Waals surface area contributed by atoms with Crippen LogP contribution >= 0.6 is 15.9 Å². The normalized spacial score (nSPS) is 20.4. The minimum Gasteiger partial charge on any atom is -0.337 e. The molecule has 0 unspecified atom stereocenters. The summed E-state index contributed by atoms with van der Waals surface area (Å²) in [6.45, 7) is 1.16. The van der Waals surface area contributed by atoms with Crippen molar-refractivity contribution in [3.05, 3.63) is 34.1 Å². The first kappa shape index (κ1) is 12.5. The van der Waals surface area contributed by atoms with Gasteiger partial charge in [-0.2, -0.15) is 0 Å². The molecule has 1 aromatic carbocycles. The molecule has 0 spiro atoms. The van der Waals surface area contributed by atoms with Gasteiger partial charge >= 0.3 is 0 Å². The first-order chi connectivity index (χ1) is 8.08. The van der Waals surface area contributed by atoms with E-state index >= 15 is 0 Å². The van der Waals surface area contributed by atoms with Gasteiger partial charge in [-0.3, -0.25) is 4.79 Å². The lowest BCUT2D eigenvalue weighted by atomic mass is 10.1. The Kier molecular flexibility index (Phi) is 3.79. The van der Waals surface area contributed by atoms with Crippen LogP contribution in [-0.2, 0) is 0 Å². The number of nitrogens with two attached hydrogens (primary N) is 1. The zero-order valence-electron chi connectivity index (χ0n) is 9.33. The summed E-state index contributed by atoms with van der Waals surface area (Å²) in [5.74, 6) is -0.770. The van der Waals surface area contributed by atoms with E-state index in [0.717, 1.165) is 12.8 Å². The Morgan fingerprint density at radius 3 is 2.94 bits per heavy atom. The summed E-state index contributed by atoms with van der Waals surface area (Å²) in [7, 11) is 0. The fraction of sp³-hybridized carbons (Fsp3) is 0.417. The Bertz CT molecular complexity index is 439. The van der Waals surface area contributed by atoms with Gasteiger partial charge in [0, 0.05) is 23.6 Å². The minimum absolute atomic E-state index is 0.00575. The second kappa shape index (κ2) is 5.14. The number of likely N-dealkylation sites (tertiary alicyclic amines) is 1. The van der Waals surface area contributed by atoms with Crippen molar-refractivity contribution in [2.45, 2.75) is 18.9 Å².